The van der Waals surface area contributed by atoms with Crippen LogP contribution in [-0.4, -0.2) is 16.3 Å². The van der Waals surface area contributed by atoms with Gasteiger partial charge in [0.15, 0.2) is 5.78 Å². The Morgan fingerprint density at radius 1 is 1.00 bits per heavy atom. The van der Waals surface area contributed by atoms with Gasteiger partial charge in [-0.1, -0.05) is 12.1 Å². The average molecular weight is 320 g/mol. The van der Waals surface area contributed by atoms with Gasteiger partial charge in [0.1, 0.15) is 5.56 Å². The summed E-state index contributed by atoms with van der Waals surface area (Å²) in [6.07, 6.45) is 1.53. The van der Waals surface area contributed by atoms with Gasteiger partial charge in [-0.05, 0) is 43.3 Å². The molecule has 0 saturated carbocycles. The smallest absolute Gasteiger partial charge is 0.261 e. The third kappa shape index (κ3) is 2.84. The molecule has 1 amide bonds. The van der Waals surface area contributed by atoms with Crippen molar-refractivity contribution >= 4 is 28.3 Å². The molecule has 0 fully saturated rings. The number of para-hydroxylation sites is 1. The number of benzene rings is 2. The number of nitrogens with one attached hydrogen (secondary N) is 1. The van der Waals surface area contributed by atoms with Crippen molar-refractivity contribution in [2.24, 2.45) is 7.05 Å². The van der Waals surface area contributed by atoms with Crippen LogP contribution in [0.3, 0.4) is 0 Å². The van der Waals surface area contributed by atoms with E-state index in [4.69, 9.17) is 0 Å². The topological polar surface area (TPSA) is 68.2 Å². The Balaban J connectivity index is 1.95. The molecule has 0 saturated heterocycles. The first kappa shape index (κ1) is 15.7. The molecule has 3 aromatic rings. The van der Waals surface area contributed by atoms with Crippen molar-refractivity contribution in [1.82, 2.24) is 4.57 Å². The first-order chi connectivity index (χ1) is 11.5. The minimum Gasteiger partial charge on any atom is -0.350 e. The van der Waals surface area contributed by atoms with Crippen LogP contribution in [-0.2, 0) is 7.05 Å². The number of pyridine rings is 1. The van der Waals surface area contributed by atoms with E-state index in [1.807, 2.05) is 12.1 Å². The summed E-state index contributed by atoms with van der Waals surface area (Å²) in [5.74, 6) is -0.520. The monoisotopic (exact) mass is 320 g/mol. The number of rotatable bonds is 3. The Kier molecular flexibility index (Phi) is 4.00. The molecule has 0 bridgehead atoms. The minimum absolute atomic E-state index is 0.0451. The number of amides is 1. The number of anilines is 1. The number of Topliss-reactive ketones (excluding diaryl/α,β-unsaturated/α-hetero) is 1. The van der Waals surface area contributed by atoms with Crippen LogP contribution >= 0.6 is 0 Å². The van der Waals surface area contributed by atoms with E-state index in [2.05, 4.69) is 5.32 Å². The van der Waals surface area contributed by atoms with Crippen LogP contribution in [0.5, 0.6) is 0 Å². The third-order valence-electron chi connectivity index (χ3n) is 3.89. The third-order valence-corrected chi connectivity index (χ3v) is 3.89. The van der Waals surface area contributed by atoms with Gasteiger partial charge in [0.25, 0.3) is 5.91 Å². The van der Waals surface area contributed by atoms with Gasteiger partial charge in [-0.25, -0.2) is 0 Å². The fraction of sp³-hybridized carbons (Fsp3) is 0.105. The lowest BCUT2D eigenvalue weighted by atomic mass is 10.1. The van der Waals surface area contributed by atoms with Crippen molar-refractivity contribution in [2.75, 3.05) is 5.32 Å². The average Bonchev–Trinajstić information content (AvgIpc) is 2.58. The maximum absolute atomic E-state index is 12.5. The molecule has 0 aliphatic rings. The minimum atomic E-state index is -0.475. The highest BCUT2D eigenvalue weighted by Gasteiger charge is 2.14. The maximum Gasteiger partial charge on any atom is 0.261 e. The van der Waals surface area contributed by atoms with Crippen molar-refractivity contribution in [3.8, 4) is 0 Å². The molecule has 3 rings (SSSR count). The molecule has 1 heterocycles. The summed E-state index contributed by atoms with van der Waals surface area (Å²) in [4.78, 5) is 36.3. The fourth-order valence-electron chi connectivity index (χ4n) is 2.59. The van der Waals surface area contributed by atoms with Crippen LogP contribution < -0.4 is 10.7 Å². The first-order valence-electron chi connectivity index (χ1n) is 7.48. The van der Waals surface area contributed by atoms with Crippen LogP contribution in [0, 0.1) is 0 Å². The molecular weight excluding hydrogens is 304 g/mol. The van der Waals surface area contributed by atoms with Gasteiger partial charge in [0, 0.05) is 29.9 Å². The van der Waals surface area contributed by atoms with Gasteiger partial charge in [-0.3, -0.25) is 14.4 Å². The van der Waals surface area contributed by atoms with Crippen LogP contribution in [0.2, 0.25) is 0 Å². The van der Waals surface area contributed by atoms with Crippen LogP contribution in [0.25, 0.3) is 10.9 Å². The molecule has 0 spiro atoms. The quantitative estimate of drug-likeness (QED) is 0.754. The summed E-state index contributed by atoms with van der Waals surface area (Å²) in [5.41, 5.74) is 1.63. The normalized spacial score (nSPS) is 10.6. The second-order valence-electron chi connectivity index (χ2n) is 5.59. The number of carbonyl (C=O) groups excluding carboxylic acids is 2. The van der Waals surface area contributed by atoms with Gasteiger partial charge < -0.3 is 9.88 Å². The van der Waals surface area contributed by atoms with Crippen LogP contribution in [0.15, 0.2) is 59.5 Å². The molecular formula is C19H16N2O3. The zero-order valence-corrected chi connectivity index (χ0v) is 13.4. The molecule has 1 N–H and O–H groups in total. The second kappa shape index (κ2) is 6.12. The molecule has 5 nitrogen and oxygen atoms in total. The van der Waals surface area contributed by atoms with Crippen molar-refractivity contribution < 1.29 is 9.59 Å². The van der Waals surface area contributed by atoms with Crippen LogP contribution in [0.4, 0.5) is 5.69 Å². The van der Waals surface area contributed by atoms with Gasteiger partial charge in [0.2, 0.25) is 5.43 Å². The van der Waals surface area contributed by atoms with Crippen molar-refractivity contribution in [3.05, 3.63) is 76.1 Å². The summed E-state index contributed by atoms with van der Waals surface area (Å²) in [5, 5.41) is 3.19. The number of hydrogen-bond acceptors (Lipinski definition) is 3. The molecule has 0 aliphatic heterocycles. The Bertz CT molecular complexity index is 1000. The lowest BCUT2D eigenvalue weighted by Gasteiger charge is -2.09. The number of nitrogens with zero attached hydrogens (tertiary/aromatic N) is 1. The lowest BCUT2D eigenvalue weighted by Crippen LogP contribution is -2.23. The molecule has 0 radical (unpaired) electrons. The zero-order valence-electron chi connectivity index (χ0n) is 13.4. The molecule has 2 aromatic carbocycles. The number of hydrogen-bond donors (Lipinski definition) is 1. The van der Waals surface area contributed by atoms with E-state index in [0.717, 1.165) is 5.52 Å². The molecule has 1 aromatic heterocycles. The highest BCUT2D eigenvalue weighted by molar-refractivity contribution is 6.06. The van der Waals surface area contributed by atoms with E-state index in [1.54, 1.807) is 48.0 Å². The zero-order chi connectivity index (χ0) is 17.3. The Morgan fingerprint density at radius 3 is 2.33 bits per heavy atom. The van der Waals surface area contributed by atoms with E-state index in [0.29, 0.717) is 16.6 Å². The second-order valence-corrected chi connectivity index (χ2v) is 5.59. The summed E-state index contributed by atoms with van der Waals surface area (Å²) in [6.45, 7) is 1.48. The molecule has 0 unspecified atom stereocenters. The predicted octanol–water partition coefficient (Wildman–Crippen LogP) is 2.99. The van der Waals surface area contributed by atoms with Crippen molar-refractivity contribution in [2.45, 2.75) is 6.92 Å². The number of fused-ring (bicyclic) bond motifs is 1. The van der Waals surface area contributed by atoms with Gasteiger partial charge in [-0.15, -0.1) is 0 Å². The van der Waals surface area contributed by atoms with Gasteiger partial charge >= 0.3 is 0 Å². The van der Waals surface area contributed by atoms with Crippen molar-refractivity contribution in [1.29, 1.82) is 0 Å². The summed E-state index contributed by atoms with van der Waals surface area (Å²) in [6, 6.07) is 13.7. The Labute approximate surface area is 138 Å². The first-order valence-corrected chi connectivity index (χ1v) is 7.48. The number of aromatic nitrogens is 1. The van der Waals surface area contributed by atoms with E-state index in [-0.39, 0.29) is 16.8 Å². The van der Waals surface area contributed by atoms with Gasteiger partial charge in [0.05, 0.1) is 5.52 Å². The predicted molar refractivity (Wildman–Crippen MR) is 93.6 cm³/mol. The fourth-order valence-corrected chi connectivity index (χ4v) is 2.59. The largest absolute Gasteiger partial charge is 0.350 e. The highest BCUT2D eigenvalue weighted by atomic mass is 16.2. The summed E-state index contributed by atoms with van der Waals surface area (Å²) < 4.78 is 1.75. The Hall–Kier alpha value is -3.21. The molecule has 120 valence electrons. The Morgan fingerprint density at radius 2 is 1.67 bits per heavy atom. The lowest BCUT2D eigenvalue weighted by molar-refractivity contribution is 0.101. The molecule has 0 aliphatic carbocycles. The highest BCUT2D eigenvalue weighted by Crippen LogP contribution is 2.13. The summed E-state index contributed by atoms with van der Waals surface area (Å²) >= 11 is 0. The van der Waals surface area contributed by atoms with Crippen molar-refractivity contribution in [3.63, 3.8) is 0 Å². The molecule has 0 atom stereocenters. The number of ketones is 1. The SMILES string of the molecule is CC(=O)c1ccc(NC(=O)c2cn(C)c3ccccc3c2=O)cc1. The van der Waals surface area contributed by atoms with E-state index >= 15 is 0 Å². The van der Waals surface area contributed by atoms with Gasteiger partial charge in [-0.2, -0.15) is 0 Å². The van der Waals surface area contributed by atoms with Crippen LogP contribution in [0.1, 0.15) is 27.6 Å². The molecule has 5 heteroatoms. The summed E-state index contributed by atoms with van der Waals surface area (Å²) in [7, 11) is 1.79. The van der Waals surface area contributed by atoms with E-state index in [1.165, 1.54) is 13.1 Å². The standard InChI is InChI=1S/C19H16N2O3/c1-12(22)13-7-9-14(10-8-13)20-19(24)16-11-21(2)17-6-4-3-5-15(17)18(16)23/h3-11H,1-2H3,(H,20,24). The maximum atomic E-state index is 12.5. The number of carbonyl (C=O) groups is 2. The van der Waals surface area contributed by atoms with E-state index in [9.17, 15) is 14.4 Å². The van der Waals surface area contributed by atoms with E-state index < -0.39 is 5.91 Å². The molecule has 24 heavy (non-hydrogen) atoms. The number of aryl methyl sites for hydroxylation is 1.